The molecule has 14 heavy (non-hydrogen) atoms. The van der Waals surface area contributed by atoms with E-state index in [-0.39, 0.29) is 18.7 Å². The SMILES string of the molecule is C=C(C)C(=O)OC(C)CCCCCO. The van der Waals surface area contributed by atoms with Crippen LogP contribution < -0.4 is 0 Å². The Morgan fingerprint density at radius 1 is 1.43 bits per heavy atom. The Balaban J connectivity index is 3.50. The van der Waals surface area contributed by atoms with Gasteiger partial charge in [0.05, 0.1) is 6.10 Å². The molecule has 0 saturated heterocycles. The van der Waals surface area contributed by atoms with Gasteiger partial charge in [-0.2, -0.15) is 0 Å². The maximum absolute atomic E-state index is 11.1. The van der Waals surface area contributed by atoms with Gasteiger partial charge in [-0.25, -0.2) is 4.79 Å². The molecule has 1 atom stereocenters. The molecule has 3 nitrogen and oxygen atoms in total. The van der Waals surface area contributed by atoms with Gasteiger partial charge in [-0.3, -0.25) is 0 Å². The third kappa shape index (κ3) is 6.66. The zero-order chi connectivity index (χ0) is 11.0. The topological polar surface area (TPSA) is 46.5 Å². The molecule has 0 fully saturated rings. The Hall–Kier alpha value is -0.830. The van der Waals surface area contributed by atoms with Gasteiger partial charge in [0, 0.05) is 12.2 Å². The van der Waals surface area contributed by atoms with Crippen LogP contribution in [0.2, 0.25) is 0 Å². The number of unbranched alkanes of at least 4 members (excludes halogenated alkanes) is 2. The molecule has 0 aliphatic rings. The Bertz CT molecular complexity index is 187. The number of rotatable bonds is 7. The smallest absolute Gasteiger partial charge is 0.333 e. The molecule has 0 amide bonds. The minimum absolute atomic E-state index is 0.0575. The summed E-state index contributed by atoms with van der Waals surface area (Å²) in [5.41, 5.74) is 0.437. The van der Waals surface area contributed by atoms with Crippen LogP contribution in [0.3, 0.4) is 0 Å². The van der Waals surface area contributed by atoms with E-state index in [1.54, 1.807) is 6.92 Å². The van der Waals surface area contributed by atoms with Crippen molar-refractivity contribution in [1.82, 2.24) is 0 Å². The minimum Gasteiger partial charge on any atom is -0.459 e. The maximum Gasteiger partial charge on any atom is 0.333 e. The molecule has 0 aliphatic carbocycles. The fraction of sp³-hybridized carbons (Fsp3) is 0.727. The normalized spacial score (nSPS) is 12.2. The molecule has 0 aromatic rings. The van der Waals surface area contributed by atoms with Crippen molar-refractivity contribution in [3.05, 3.63) is 12.2 Å². The van der Waals surface area contributed by atoms with Crippen molar-refractivity contribution < 1.29 is 14.6 Å². The van der Waals surface area contributed by atoms with Gasteiger partial charge in [0.1, 0.15) is 0 Å². The first-order valence-corrected chi connectivity index (χ1v) is 5.05. The van der Waals surface area contributed by atoms with Gasteiger partial charge in [0.2, 0.25) is 0 Å². The van der Waals surface area contributed by atoms with Crippen LogP contribution in [0.25, 0.3) is 0 Å². The molecule has 0 heterocycles. The lowest BCUT2D eigenvalue weighted by Crippen LogP contribution is -2.15. The highest BCUT2D eigenvalue weighted by Gasteiger charge is 2.08. The van der Waals surface area contributed by atoms with Gasteiger partial charge in [0.25, 0.3) is 0 Å². The van der Waals surface area contributed by atoms with Crippen molar-refractivity contribution in [1.29, 1.82) is 0 Å². The number of hydrogen-bond acceptors (Lipinski definition) is 3. The molecule has 0 aliphatic heterocycles. The first-order chi connectivity index (χ1) is 6.57. The molecular weight excluding hydrogens is 180 g/mol. The van der Waals surface area contributed by atoms with Crippen LogP contribution in [-0.2, 0) is 9.53 Å². The third-order valence-electron chi connectivity index (χ3n) is 1.93. The summed E-state index contributed by atoms with van der Waals surface area (Å²) in [4.78, 5) is 11.1. The lowest BCUT2D eigenvalue weighted by molar-refractivity contribution is -0.143. The van der Waals surface area contributed by atoms with Crippen molar-refractivity contribution in [2.24, 2.45) is 0 Å². The zero-order valence-electron chi connectivity index (χ0n) is 9.08. The first-order valence-electron chi connectivity index (χ1n) is 5.05. The highest BCUT2D eigenvalue weighted by molar-refractivity contribution is 5.87. The van der Waals surface area contributed by atoms with E-state index >= 15 is 0 Å². The summed E-state index contributed by atoms with van der Waals surface area (Å²) in [6, 6.07) is 0. The summed E-state index contributed by atoms with van der Waals surface area (Å²) in [6.45, 7) is 7.26. The van der Waals surface area contributed by atoms with Gasteiger partial charge >= 0.3 is 5.97 Å². The van der Waals surface area contributed by atoms with E-state index in [1.165, 1.54) is 0 Å². The van der Waals surface area contributed by atoms with Crippen molar-refractivity contribution >= 4 is 5.97 Å². The minimum atomic E-state index is -0.320. The lowest BCUT2D eigenvalue weighted by atomic mass is 10.1. The second-order valence-electron chi connectivity index (χ2n) is 3.57. The number of carbonyl (C=O) groups excluding carboxylic acids is 1. The summed E-state index contributed by atoms with van der Waals surface area (Å²) in [5.74, 6) is -0.320. The molecule has 0 saturated carbocycles. The number of ether oxygens (including phenoxy) is 1. The van der Waals surface area contributed by atoms with Crippen molar-refractivity contribution in [3.63, 3.8) is 0 Å². The van der Waals surface area contributed by atoms with Crippen LogP contribution in [0.5, 0.6) is 0 Å². The van der Waals surface area contributed by atoms with Crippen molar-refractivity contribution in [3.8, 4) is 0 Å². The fourth-order valence-corrected chi connectivity index (χ4v) is 1.06. The highest BCUT2D eigenvalue weighted by atomic mass is 16.5. The van der Waals surface area contributed by atoms with E-state index in [9.17, 15) is 4.79 Å². The van der Waals surface area contributed by atoms with E-state index in [2.05, 4.69) is 6.58 Å². The summed E-state index contributed by atoms with van der Waals surface area (Å²) in [5, 5.41) is 8.55. The first kappa shape index (κ1) is 13.2. The quantitative estimate of drug-likeness (QED) is 0.388. The molecule has 82 valence electrons. The molecule has 0 spiro atoms. The van der Waals surface area contributed by atoms with E-state index in [1.807, 2.05) is 6.92 Å². The molecule has 0 bridgehead atoms. The van der Waals surface area contributed by atoms with E-state index in [4.69, 9.17) is 9.84 Å². The molecule has 0 radical (unpaired) electrons. The maximum atomic E-state index is 11.1. The Morgan fingerprint density at radius 2 is 2.07 bits per heavy atom. The van der Waals surface area contributed by atoms with E-state index in [0.717, 1.165) is 25.7 Å². The summed E-state index contributed by atoms with van der Waals surface area (Å²) < 4.78 is 5.09. The molecule has 0 aromatic carbocycles. The van der Waals surface area contributed by atoms with E-state index < -0.39 is 0 Å². The predicted octanol–water partition coefficient (Wildman–Crippen LogP) is 2.05. The van der Waals surface area contributed by atoms with Gasteiger partial charge in [-0.15, -0.1) is 0 Å². The molecule has 0 aromatic heterocycles. The number of aliphatic hydroxyl groups is 1. The second-order valence-corrected chi connectivity index (χ2v) is 3.57. The molecular formula is C11H20O3. The summed E-state index contributed by atoms with van der Waals surface area (Å²) in [7, 11) is 0. The third-order valence-corrected chi connectivity index (χ3v) is 1.93. The predicted molar refractivity (Wildman–Crippen MR) is 55.9 cm³/mol. The monoisotopic (exact) mass is 200 g/mol. The molecule has 1 N–H and O–H groups in total. The van der Waals surface area contributed by atoms with Gasteiger partial charge in [0.15, 0.2) is 0 Å². The average molecular weight is 200 g/mol. The van der Waals surface area contributed by atoms with Crippen LogP contribution in [0.15, 0.2) is 12.2 Å². The lowest BCUT2D eigenvalue weighted by Gasteiger charge is -2.12. The standard InChI is InChI=1S/C11H20O3/c1-9(2)11(13)14-10(3)7-5-4-6-8-12/h10,12H,1,4-8H2,2-3H3. The van der Waals surface area contributed by atoms with E-state index in [0.29, 0.717) is 5.57 Å². The Labute approximate surface area is 85.8 Å². The van der Waals surface area contributed by atoms with Crippen molar-refractivity contribution in [2.45, 2.75) is 45.6 Å². The van der Waals surface area contributed by atoms with Crippen LogP contribution >= 0.6 is 0 Å². The fourth-order valence-electron chi connectivity index (χ4n) is 1.06. The summed E-state index contributed by atoms with van der Waals surface area (Å²) >= 11 is 0. The van der Waals surface area contributed by atoms with Crippen LogP contribution in [0.1, 0.15) is 39.5 Å². The van der Waals surface area contributed by atoms with Crippen LogP contribution in [0, 0.1) is 0 Å². The molecule has 0 rings (SSSR count). The largest absolute Gasteiger partial charge is 0.459 e. The number of esters is 1. The number of aliphatic hydroxyl groups excluding tert-OH is 1. The van der Waals surface area contributed by atoms with Crippen molar-refractivity contribution in [2.75, 3.05) is 6.61 Å². The van der Waals surface area contributed by atoms with Gasteiger partial charge in [-0.05, 0) is 33.1 Å². The highest BCUT2D eigenvalue weighted by Crippen LogP contribution is 2.07. The average Bonchev–Trinajstić information content (AvgIpc) is 2.12. The Morgan fingerprint density at radius 3 is 2.57 bits per heavy atom. The molecule has 3 heteroatoms. The number of carbonyl (C=O) groups is 1. The van der Waals surface area contributed by atoms with Gasteiger partial charge in [-0.1, -0.05) is 13.0 Å². The number of hydrogen-bond donors (Lipinski definition) is 1. The summed E-state index contributed by atoms with van der Waals surface area (Å²) in [6.07, 6.45) is 3.56. The Kier molecular flexibility index (Phi) is 7.11. The molecule has 1 unspecified atom stereocenters. The zero-order valence-corrected chi connectivity index (χ0v) is 9.08. The van der Waals surface area contributed by atoms with Crippen LogP contribution in [0.4, 0.5) is 0 Å². The van der Waals surface area contributed by atoms with Crippen LogP contribution in [-0.4, -0.2) is 23.8 Å². The second kappa shape index (κ2) is 7.56. The van der Waals surface area contributed by atoms with Gasteiger partial charge < -0.3 is 9.84 Å².